The van der Waals surface area contributed by atoms with Gasteiger partial charge in [-0.15, -0.1) is 37.4 Å². The van der Waals surface area contributed by atoms with E-state index >= 15 is 0 Å². The summed E-state index contributed by atoms with van der Waals surface area (Å²) in [5.41, 5.74) is -1.09. The summed E-state index contributed by atoms with van der Waals surface area (Å²) in [5.74, 6) is 1.74. The van der Waals surface area contributed by atoms with Crippen molar-refractivity contribution in [2.75, 3.05) is 133 Å². The number of aromatic nitrogens is 10. The van der Waals surface area contributed by atoms with Crippen molar-refractivity contribution in [3.63, 3.8) is 0 Å². The Morgan fingerprint density at radius 1 is 0.531 bits per heavy atom. The van der Waals surface area contributed by atoms with E-state index in [9.17, 15) is 36.0 Å². The number of amides is 3. The van der Waals surface area contributed by atoms with Gasteiger partial charge in [-0.25, -0.2) is 57.5 Å². The summed E-state index contributed by atoms with van der Waals surface area (Å²) >= 11 is 9.85. The van der Waals surface area contributed by atoms with Gasteiger partial charge in [-0.3, -0.25) is 18.8 Å². The Bertz CT molecular complexity index is 5090. The fraction of sp³-hybridized carbons (Fsp3) is 0.588. The minimum absolute atomic E-state index is 0. The van der Waals surface area contributed by atoms with Crippen LogP contribution in [-0.4, -0.2) is 292 Å². The van der Waals surface area contributed by atoms with Gasteiger partial charge in [0.1, 0.15) is 40.4 Å². The molecule has 8 fully saturated rings. The van der Waals surface area contributed by atoms with Crippen LogP contribution in [0.5, 0.6) is 0 Å². The number of carbonyl (C=O) groups excluding carboxylic acids is 4. The van der Waals surface area contributed by atoms with Crippen LogP contribution in [0.3, 0.4) is 0 Å². The average Bonchev–Trinajstić information content (AvgIpc) is 1.89. The second-order valence-electron chi connectivity index (χ2n) is 38.6. The Labute approximate surface area is 1020 Å². The van der Waals surface area contributed by atoms with Crippen molar-refractivity contribution in [3.05, 3.63) is 157 Å². The van der Waals surface area contributed by atoms with Crippen molar-refractivity contribution in [1.29, 1.82) is 0 Å². The molecule has 0 radical (unpaired) electrons. The van der Waals surface area contributed by atoms with E-state index in [-0.39, 0.29) is 276 Å². The number of aliphatic hydroxyl groups excluding tert-OH is 1. The zero-order valence-corrected chi connectivity index (χ0v) is 106. The van der Waals surface area contributed by atoms with Gasteiger partial charge in [0.15, 0.2) is 0 Å². The third-order valence-corrected chi connectivity index (χ3v) is 25.8. The summed E-state index contributed by atoms with van der Waals surface area (Å²) in [6.45, 7) is 43.0. The normalized spacial score (nSPS) is 18.4. The van der Waals surface area contributed by atoms with Gasteiger partial charge in [0, 0.05) is 156 Å². The molecule has 8 aromatic rings. The van der Waals surface area contributed by atoms with E-state index in [1.165, 1.54) is 104 Å². The molecular weight excluding hydrogens is 2330 g/mol. The Balaban J connectivity index is 0.000000849. The number of ether oxygens (including phenoxy) is 6. The van der Waals surface area contributed by atoms with Gasteiger partial charge in [0.05, 0.1) is 105 Å². The van der Waals surface area contributed by atoms with Crippen LogP contribution in [0.1, 0.15) is 192 Å². The third kappa shape index (κ3) is 50.2. The summed E-state index contributed by atoms with van der Waals surface area (Å²) in [4.78, 5) is 87.9. The zero-order chi connectivity index (χ0) is 103. The SMILES string of the molecule is Brc1cnc(N2CCCCC2)nc1.C.C.CC(C)(C)OC(=O)N1CCO[C@H](CO)C1.CC(C)(C)OC(=O)N1CCO[C@H](COS(C)(=O)=O)C1.CC(C)(C)OC(=O)N1CCO[C@H](Cn2cc(B3OC(C)(C)C(C)(C)O3)cn2)C1.CC1(C)OB(c2cn[nH]c2)OC1(C)C.Cl.Cl.Fc1ccccc1S.Fc1ccccc1Sc1cnc(N2CCCCC2)nc1.Fc1ccccc1Sc1cnc(N2CCCCC2)nc1.O=CO[O-].[Cs+].[Cs+].[H-]. The van der Waals surface area contributed by atoms with Gasteiger partial charge in [-0.2, -0.15) is 18.6 Å². The van der Waals surface area contributed by atoms with Crippen LogP contribution >= 0.6 is 76.9 Å². The van der Waals surface area contributed by atoms with Gasteiger partial charge >= 0.3 is 170 Å². The average molecular weight is 2480 g/mol. The minimum atomic E-state index is -3.50. The number of carbonyl (C=O) groups is 4. The van der Waals surface area contributed by atoms with E-state index in [1.54, 1.807) is 129 Å². The van der Waals surface area contributed by atoms with Crippen molar-refractivity contribution in [2.45, 2.75) is 279 Å². The van der Waals surface area contributed by atoms with Crippen LogP contribution in [0.25, 0.3) is 0 Å². The van der Waals surface area contributed by atoms with Crippen molar-refractivity contribution in [1.82, 2.24) is 64.6 Å². The van der Waals surface area contributed by atoms with E-state index in [2.05, 4.69) is 97.5 Å². The maximum Gasteiger partial charge on any atom is 1.00 e. The molecule has 8 saturated heterocycles. The smallest absolute Gasteiger partial charge is 1.00 e. The molecule has 2 N–H and O–H groups in total. The van der Waals surface area contributed by atoms with Gasteiger partial charge in [-0.1, -0.05) is 74.8 Å². The second kappa shape index (κ2) is 67.6. The number of nitrogens with one attached hydrogen (secondary N) is 1. The summed E-state index contributed by atoms with van der Waals surface area (Å²) in [6, 6.07) is 19.8. The topological polar surface area (TPSA) is 400 Å². The molecule has 8 aliphatic rings. The Hall–Kier alpha value is -4.32. The van der Waals surface area contributed by atoms with E-state index in [0.29, 0.717) is 73.8 Å². The molecule has 16 rings (SSSR count). The van der Waals surface area contributed by atoms with Crippen molar-refractivity contribution >= 4 is 155 Å². The minimum Gasteiger partial charge on any atom is -1.00 e. The molecule has 3 aromatic carbocycles. The molecule has 0 aliphatic carbocycles. The standard InChI is InChI=1S/C19H32BN3O5.2C15H16FN3S.C11H21NO6S.C10H19NO4.C9H15BN2O2.C9H12BrN3.C6H5FS.CH2O3.2CH4.2ClH.2Cs.H/c1-17(2,3)26-16(24)22-8-9-25-15(12-22)13-23-11-14(10-21-23)20-27-18(4,5)19(6,7)28-20;2*16-13-6-2-3-7-14(13)20-12-10-17-15(18-11-12)19-8-4-1-5-9-19;1-11(2,3)18-10(13)12-5-6-16-9(7-12)8-17-19(4,14)15;1-10(2,3)15-9(13)11-4-5-14-8(6-11)7-12;1-8(2)9(3,4)14-10(13-8)7-5-11-12-6-7;10-8-6-11-9(12-7-8)13-4-2-1-3-5-13;7-5-3-1-2-4-6(5)8;2-1-4-3;;;;;;;/h10-11,15H,8-9,12-13H2,1-7H3;2*2-3,6-7,10-11H,1,4-5,8-9H2;9H,5-8H2,1-4H3;8,12H,4-7H2,1-3H3;5-6H,1-4H3,(H,11,12);6-7H,1-5H2;1-4,8H;1,3H;2*1H4;2*1H;;;/q;;;;;;;;;;;;;2*+1;-1/p-1/t15-;;;9-;8-;;;;;;;;;;;/m0..00.........../s1. The molecule has 3 atom stereocenters. The molecule has 0 bridgehead atoms. The quantitative estimate of drug-likeness (QED) is 0.0154. The molecule has 13 heterocycles. The number of aromatic amines is 1. The van der Waals surface area contributed by atoms with Gasteiger partial charge in [0.25, 0.3) is 16.6 Å². The first-order valence-corrected chi connectivity index (χ1v) is 51.5. The first-order chi connectivity index (χ1) is 66.5. The molecule has 8 aliphatic heterocycles. The number of nitrogens with zero attached hydrogens (tertiary/aromatic N) is 15. The molecule has 3 amide bonds. The number of H-pyrrole nitrogens is 1. The van der Waals surface area contributed by atoms with Crippen LogP contribution in [0.15, 0.2) is 164 Å². The summed E-state index contributed by atoms with van der Waals surface area (Å²) in [6.07, 6.45) is 28.1. The third-order valence-electron chi connectivity index (χ3n) is 22.4. The molecule has 147 heavy (non-hydrogen) atoms. The fourth-order valence-corrected chi connectivity index (χ4v) is 16.2. The van der Waals surface area contributed by atoms with E-state index in [1.807, 2.05) is 120 Å². The molecule has 0 unspecified atom stereocenters. The van der Waals surface area contributed by atoms with Gasteiger partial charge in [0.2, 0.25) is 17.8 Å². The number of halogens is 6. The van der Waals surface area contributed by atoms with Gasteiger partial charge < -0.3 is 93.1 Å². The van der Waals surface area contributed by atoms with E-state index in [4.69, 9.17) is 62.2 Å². The van der Waals surface area contributed by atoms with E-state index in [0.717, 1.165) is 88.6 Å². The Morgan fingerprint density at radius 2 is 0.864 bits per heavy atom. The van der Waals surface area contributed by atoms with Crippen LogP contribution in [0.4, 0.5) is 45.4 Å². The number of anilines is 3. The number of aliphatic hydroxyl groups is 1. The van der Waals surface area contributed by atoms with E-state index < -0.39 is 46.2 Å². The maximum atomic E-state index is 13.6. The van der Waals surface area contributed by atoms with Crippen LogP contribution in [0.2, 0.25) is 0 Å². The molecule has 0 spiro atoms. The van der Waals surface area contributed by atoms with Crippen molar-refractivity contribution in [3.8, 4) is 0 Å². The Morgan fingerprint density at radius 3 is 1.19 bits per heavy atom. The number of rotatable bonds is 16. The number of hydrogen-bond donors (Lipinski definition) is 3. The summed E-state index contributed by atoms with van der Waals surface area (Å²) < 4.78 is 125. The maximum absolute atomic E-state index is 13.6. The first-order valence-electron chi connectivity index (χ1n) is 46.8. The fourth-order valence-electron chi connectivity index (χ4n) is 13.9. The number of hydrogen-bond acceptors (Lipinski definition) is 34. The number of piperidine rings is 3. The molecule has 0 saturated carbocycles. The van der Waals surface area contributed by atoms with Gasteiger partial charge in [-0.05, 0) is 228 Å². The monoisotopic (exact) mass is 2480 g/mol. The number of morpholine rings is 3. The van der Waals surface area contributed by atoms with Crippen molar-refractivity contribution < 1.29 is 246 Å². The summed E-state index contributed by atoms with van der Waals surface area (Å²) in [5, 5.41) is 28.4. The van der Waals surface area contributed by atoms with Crippen LogP contribution in [0, 0.1) is 17.5 Å². The largest absolute Gasteiger partial charge is 1.00 e. The van der Waals surface area contributed by atoms with Crippen LogP contribution < -0.4 is 169 Å². The number of benzene rings is 3. The molecule has 810 valence electrons. The summed E-state index contributed by atoms with van der Waals surface area (Å²) in [7, 11) is -4.25. The predicted molar refractivity (Wildman–Crippen MR) is 566 cm³/mol. The predicted octanol–water partition coefficient (Wildman–Crippen LogP) is 10.3. The number of thiol groups is 1. The second-order valence-corrected chi connectivity index (χ2v) is 43.9. The molecule has 50 heteroatoms. The Kier molecular flexibility index (Phi) is 63.8. The van der Waals surface area contributed by atoms with Crippen LogP contribution in [-0.2, 0) is 77.6 Å². The zero-order valence-electron chi connectivity index (χ0n) is 87.7. The molecule has 5 aromatic heterocycles. The molecular formula is C97H148B2BrCl2Cs2F3N16O20S4. The van der Waals surface area contributed by atoms with Crippen molar-refractivity contribution in [2.24, 2.45) is 0 Å². The molecule has 36 nitrogen and oxygen atoms in total. The first kappa shape index (κ1) is 139.